The van der Waals surface area contributed by atoms with E-state index in [0.29, 0.717) is 13.2 Å². The van der Waals surface area contributed by atoms with Gasteiger partial charge in [0, 0.05) is 0 Å². The molecule has 0 aromatic heterocycles. The quantitative estimate of drug-likeness (QED) is 0.727. The molecule has 0 N–H and O–H groups in total. The molecule has 6 heteroatoms. The van der Waals surface area contributed by atoms with Crippen LogP contribution >= 0.6 is 0 Å². The van der Waals surface area contributed by atoms with Crippen LogP contribution in [0.1, 0.15) is 38.5 Å². The molecule has 4 rings (SSSR count). The van der Waals surface area contributed by atoms with Gasteiger partial charge in [0.2, 0.25) is 0 Å². The average molecular weight is 310 g/mol. The molecule has 0 amide bonds. The van der Waals surface area contributed by atoms with Gasteiger partial charge in [0.05, 0.1) is 25.0 Å². The Kier molecular flexibility index (Phi) is 3.82. The zero-order valence-electron chi connectivity index (χ0n) is 12.6. The minimum absolute atomic E-state index is 0.0488. The number of carbonyl (C=O) groups is 2. The lowest BCUT2D eigenvalue weighted by molar-refractivity contribution is -0.163. The topological polar surface area (TPSA) is 71.1 Å². The van der Waals surface area contributed by atoms with Crippen molar-refractivity contribution >= 4 is 11.9 Å². The molecule has 0 radical (unpaired) electrons. The second-order valence-corrected chi connectivity index (χ2v) is 6.80. The van der Waals surface area contributed by atoms with E-state index >= 15 is 0 Å². The minimum Gasteiger partial charge on any atom is -0.457 e. The van der Waals surface area contributed by atoms with E-state index in [2.05, 4.69) is 0 Å². The van der Waals surface area contributed by atoms with Crippen molar-refractivity contribution in [3.05, 3.63) is 0 Å². The van der Waals surface area contributed by atoms with Crippen LogP contribution < -0.4 is 0 Å². The second kappa shape index (κ2) is 5.81. The third kappa shape index (κ3) is 2.52. The van der Waals surface area contributed by atoms with Crippen molar-refractivity contribution in [2.75, 3.05) is 13.2 Å². The van der Waals surface area contributed by atoms with Gasteiger partial charge in [-0.25, -0.2) is 0 Å². The van der Waals surface area contributed by atoms with Crippen LogP contribution in [0.4, 0.5) is 0 Å². The summed E-state index contributed by atoms with van der Waals surface area (Å²) in [5.74, 6) is -0.182. The van der Waals surface area contributed by atoms with Crippen molar-refractivity contribution < 1.29 is 28.5 Å². The molecule has 4 atom stereocenters. The maximum absolute atomic E-state index is 11.9. The molecule has 6 nitrogen and oxygen atoms in total. The highest BCUT2D eigenvalue weighted by molar-refractivity contribution is 5.74. The Balaban J connectivity index is 1.30. The molecule has 0 bridgehead atoms. The summed E-state index contributed by atoms with van der Waals surface area (Å²) < 4.78 is 22.4. The Morgan fingerprint density at radius 3 is 1.45 bits per heavy atom. The van der Waals surface area contributed by atoms with Crippen molar-refractivity contribution in [1.82, 2.24) is 0 Å². The van der Waals surface area contributed by atoms with Crippen LogP contribution in [0.2, 0.25) is 0 Å². The molecule has 2 aliphatic carbocycles. The first-order valence-corrected chi connectivity index (χ1v) is 8.36. The van der Waals surface area contributed by atoms with Crippen LogP contribution in [0.25, 0.3) is 0 Å². The highest BCUT2D eigenvalue weighted by Gasteiger charge is 2.52. The summed E-state index contributed by atoms with van der Waals surface area (Å²) in [5.41, 5.74) is 0. The fourth-order valence-corrected chi connectivity index (χ4v) is 3.41. The number of fused-ring (bicyclic) bond motifs is 1. The van der Waals surface area contributed by atoms with Crippen LogP contribution in [0, 0.1) is 11.8 Å². The van der Waals surface area contributed by atoms with Gasteiger partial charge in [-0.05, 0) is 25.7 Å². The molecule has 0 aromatic carbocycles. The smallest absolute Gasteiger partial charge is 0.309 e. The molecule has 2 aliphatic heterocycles. The largest absolute Gasteiger partial charge is 0.457 e. The van der Waals surface area contributed by atoms with Crippen molar-refractivity contribution in [2.24, 2.45) is 11.8 Å². The fourth-order valence-electron chi connectivity index (χ4n) is 3.41. The molecule has 0 spiro atoms. The van der Waals surface area contributed by atoms with Crippen molar-refractivity contribution in [1.29, 1.82) is 0 Å². The number of hydrogen-bond donors (Lipinski definition) is 0. The number of rotatable bonds is 4. The van der Waals surface area contributed by atoms with Gasteiger partial charge in [-0.1, -0.05) is 12.8 Å². The predicted octanol–water partition coefficient (Wildman–Crippen LogP) is 1.21. The molecule has 2 saturated carbocycles. The maximum atomic E-state index is 11.9. The highest BCUT2D eigenvalue weighted by atomic mass is 16.7. The molecular weight excluding hydrogens is 288 g/mol. The SMILES string of the molecule is O=C(O[C@@H]1CO[C@H]2[C@@H]1OC[C@H]2OC(=O)C1CCC1)C1CCC1. The van der Waals surface area contributed by atoms with Crippen molar-refractivity contribution in [3.8, 4) is 0 Å². The molecule has 2 heterocycles. The van der Waals surface area contributed by atoms with E-state index in [1.165, 1.54) is 0 Å². The third-order valence-corrected chi connectivity index (χ3v) is 5.37. The molecule has 4 fully saturated rings. The first-order valence-electron chi connectivity index (χ1n) is 8.36. The summed E-state index contributed by atoms with van der Waals surface area (Å²) in [7, 11) is 0. The van der Waals surface area contributed by atoms with Gasteiger partial charge in [-0.15, -0.1) is 0 Å². The normalized spacial score (nSPS) is 38.0. The van der Waals surface area contributed by atoms with Crippen LogP contribution in [0.5, 0.6) is 0 Å². The van der Waals surface area contributed by atoms with Gasteiger partial charge in [-0.2, -0.15) is 0 Å². The summed E-state index contributed by atoms with van der Waals surface area (Å²) >= 11 is 0. The predicted molar refractivity (Wildman–Crippen MR) is 73.9 cm³/mol. The van der Waals surface area contributed by atoms with E-state index in [4.69, 9.17) is 18.9 Å². The number of ether oxygens (including phenoxy) is 4. The lowest BCUT2D eigenvalue weighted by Crippen LogP contribution is -2.38. The Hall–Kier alpha value is -1.14. The van der Waals surface area contributed by atoms with Gasteiger partial charge in [0.25, 0.3) is 0 Å². The molecule has 122 valence electrons. The van der Waals surface area contributed by atoms with Gasteiger partial charge in [0.15, 0.2) is 12.2 Å². The van der Waals surface area contributed by atoms with E-state index < -0.39 is 0 Å². The average Bonchev–Trinajstić information content (AvgIpc) is 2.89. The van der Waals surface area contributed by atoms with E-state index in [9.17, 15) is 9.59 Å². The molecule has 22 heavy (non-hydrogen) atoms. The number of esters is 2. The Morgan fingerprint density at radius 1 is 0.727 bits per heavy atom. The maximum Gasteiger partial charge on any atom is 0.309 e. The van der Waals surface area contributed by atoms with Crippen LogP contribution in [-0.4, -0.2) is 49.6 Å². The lowest BCUT2D eigenvalue weighted by Gasteiger charge is -2.26. The zero-order chi connectivity index (χ0) is 15.1. The molecular formula is C16H22O6. The molecule has 0 aromatic rings. The monoisotopic (exact) mass is 310 g/mol. The molecule has 2 saturated heterocycles. The Morgan fingerprint density at radius 2 is 1.14 bits per heavy atom. The molecule has 4 aliphatic rings. The first kappa shape index (κ1) is 14.5. The van der Waals surface area contributed by atoms with Crippen LogP contribution in [0.15, 0.2) is 0 Å². The Labute approximate surface area is 129 Å². The van der Waals surface area contributed by atoms with Crippen LogP contribution in [-0.2, 0) is 28.5 Å². The summed E-state index contributed by atoms with van der Waals surface area (Å²) in [6.45, 7) is 0.649. The van der Waals surface area contributed by atoms with E-state index in [-0.39, 0.29) is 48.2 Å². The van der Waals surface area contributed by atoms with Crippen LogP contribution in [0.3, 0.4) is 0 Å². The van der Waals surface area contributed by atoms with Gasteiger partial charge >= 0.3 is 11.9 Å². The van der Waals surface area contributed by atoms with Gasteiger partial charge in [-0.3, -0.25) is 9.59 Å². The fraction of sp³-hybridized carbons (Fsp3) is 0.875. The lowest BCUT2D eigenvalue weighted by atomic mass is 9.85. The number of carbonyl (C=O) groups excluding carboxylic acids is 2. The third-order valence-electron chi connectivity index (χ3n) is 5.37. The van der Waals surface area contributed by atoms with E-state index in [1.54, 1.807) is 0 Å². The number of hydrogen-bond acceptors (Lipinski definition) is 6. The molecule has 0 unspecified atom stereocenters. The van der Waals surface area contributed by atoms with Gasteiger partial charge < -0.3 is 18.9 Å². The standard InChI is InChI=1S/C16H22O6/c17-15(9-3-1-4-9)21-11-7-19-14-12(8-20-13(11)14)22-16(18)10-5-2-6-10/h9-14H,1-8H2/t11-,12-,13-,14-/m1/s1. The second-order valence-electron chi connectivity index (χ2n) is 6.80. The minimum atomic E-state index is -0.370. The van der Waals surface area contributed by atoms with Crippen molar-refractivity contribution in [2.45, 2.75) is 62.9 Å². The summed E-state index contributed by atoms with van der Waals surface area (Å²) in [6.07, 6.45) is 4.53. The first-order chi connectivity index (χ1) is 10.7. The van der Waals surface area contributed by atoms with E-state index in [1.807, 2.05) is 0 Å². The summed E-state index contributed by atoms with van der Waals surface area (Å²) in [5, 5.41) is 0. The van der Waals surface area contributed by atoms with Crippen molar-refractivity contribution in [3.63, 3.8) is 0 Å². The summed E-state index contributed by atoms with van der Waals surface area (Å²) in [6, 6.07) is 0. The summed E-state index contributed by atoms with van der Waals surface area (Å²) in [4.78, 5) is 23.9. The van der Waals surface area contributed by atoms with Gasteiger partial charge in [0.1, 0.15) is 12.2 Å². The van der Waals surface area contributed by atoms with E-state index in [0.717, 1.165) is 38.5 Å². The Bertz CT molecular complexity index is 414. The zero-order valence-corrected chi connectivity index (χ0v) is 12.6. The highest BCUT2D eigenvalue weighted by Crippen LogP contribution is 2.35.